The number of Topliss-reactive ketones (excluding diaryl/α,β-unsaturated/α-hetero) is 1. The number of hydrogen-bond acceptors (Lipinski definition) is 2. The molecule has 0 saturated carbocycles. The van der Waals surface area contributed by atoms with Crippen molar-refractivity contribution in [1.29, 1.82) is 0 Å². The van der Waals surface area contributed by atoms with E-state index in [1.54, 1.807) is 0 Å². The monoisotopic (exact) mass is 554 g/mol. The van der Waals surface area contributed by atoms with E-state index in [2.05, 4.69) is 74.5 Å². The van der Waals surface area contributed by atoms with Crippen LogP contribution in [0, 0.1) is 19.8 Å². The van der Waals surface area contributed by atoms with Crippen molar-refractivity contribution in [1.82, 2.24) is 0 Å². The zero-order valence-electron chi connectivity index (χ0n) is 24.2. The number of benzene rings is 5. The van der Waals surface area contributed by atoms with Crippen LogP contribution in [0.2, 0.25) is 0 Å². The quantitative estimate of drug-likeness (QED) is 0.208. The Morgan fingerprint density at radius 3 is 1.84 bits per heavy atom. The van der Waals surface area contributed by atoms with Crippen LogP contribution >= 0.6 is 0 Å². The molecule has 8 rings (SSSR count). The standard InChI is InChI=1S/C41H30O2/c1-25-13-17-31-33-19-15-29(39(42)27-9-5-3-6-10-27)23-37(33)41(35(31)21-25)36-22-26(2)14-18-32(36)34-20-16-30(24-38(34)41)40(43)28-11-7-4-8-12-28/h3-23,30H,24H2,1-2H3. The van der Waals surface area contributed by atoms with E-state index in [1.807, 2.05) is 66.7 Å². The summed E-state index contributed by atoms with van der Waals surface area (Å²) in [6.07, 6.45) is 4.90. The summed E-state index contributed by atoms with van der Waals surface area (Å²) in [4.78, 5) is 27.6. The van der Waals surface area contributed by atoms with Gasteiger partial charge in [0, 0.05) is 22.6 Å². The summed E-state index contributed by atoms with van der Waals surface area (Å²) in [6, 6.07) is 38.8. The zero-order valence-corrected chi connectivity index (χ0v) is 24.2. The smallest absolute Gasteiger partial charge is 0.193 e. The lowest BCUT2D eigenvalue weighted by Crippen LogP contribution is -2.30. The van der Waals surface area contributed by atoms with E-state index < -0.39 is 5.41 Å². The van der Waals surface area contributed by atoms with Gasteiger partial charge in [-0.05, 0) is 70.9 Å². The van der Waals surface area contributed by atoms with Crippen molar-refractivity contribution in [2.24, 2.45) is 5.92 Å². The Balaban J connectivity index is 1.39. The van der Waals surface area contributed by atoms with Gasteiger partial charge in [0.05, 0.1) is 5.41 Å². The normalized spacial score (nSPS) is 19.2. The van der Waals surface area contributed by atoms with Gasteiger partial charge >= 0.3 is 0 Å². The van der Waals surface area contributed by atoms with Crippen molar-refractivity contribution >= 4 is 17.1 Å². The van der Waals surface area contributed by atoms with Gasteiger partial charge in [0.25, 0.3) is 0 Å². The predicted molar refractivity (Wildman–Crippen MR) is 172 cm³/mol. The van der Waals surface area contributed by atoms with Crippen molar-refractivity contribution in [2.45, 2.75) is 25.7 Å². The topological polar surface area (TPSA) is 34.1 Å². The third-order valence-electron chi connectivity index (χ3n) is 9.55. The molecule has 43 heavy (non-hydrogen) atoms. The Hall–Kier alpha value is -5.08. The van der Waals surface area contributed by atoms with Crippen molar-refractivity contribution in [3.8, 4) is 11.1 Å². The lowest BCUT2D eigenvalue weighted by Gasteiger charge is -2.35. The molecule has 1 spiro atoms. The molecular formula is C41H30O2. The molecule has 0 radical (unpaired) electrons. The molecule has 0 saturated heterocycles. The van der Waals surface area contributed by atoms with Crippen LogP contribution in [0.5, 0.6) is 0 Å². The third-order valence-corrected chi connectivity index (χ3v) is 9.55. The van der Waals surface area contributed by atoms with E-state index in [9.17, 15) is 9.59 Å². The van der Waals surface area contributed by atoms with E-state index in [0.29, 0.717) is 17.5 Å². The van der Waals surface area contributed by atoms with Gasteiger partial charge in [-0.1, -0.05) is 132 Å². The summed E-state index contributed by atoms with van der Waals surface area (Å²) in [6.45, 7) is 4.29. The van der Waals surface area contributed by atoms with Crippen LogP contribution in [0.25, 0.3) is 16.7 Å². The number of fused-ring (bicyclic) bond motifs is 9. The second-order valence-electron chi connectivity index (χ2n) is 12.1. The molecule has 206 valence electrons. The van der Waals surface area contributed by atoms with Gasteiger partial charge < -0.3 is 0 Å². The van der Waals surface area contributed by atoms with Crippen LogP contribution in [0.3, 0.4) is 0 Å². The Labute approximate surface area is 252 Å². The molecule has 0 aromatic heterocycles. The molecule has 0 heterocycles. The fourth-order valence-electron chi connectivity index (χ4n) is 7.63. The van der Waals surface area contributed by atoms with E-state index in [1.165, 1.54) is 44.5 Å². The Morgan fingerprint density at radius 1 is 0.605 bits per heavy atom. The zero-order chi connectivity index (χ0) is 29.3. The molecule has 0 aliphatic heterocycles. The highest BCUT2D eigenvalue weighted by Crippen LogP contribution is 2.64. The maximum atomic E-state index is 13.8. The highest BCUT2D eigenvalue weighted by atomic mass is 16.1. The van der Waals surface area contributed by atoms with E-state index in [-0.39, 0.29) is 17.5 Å². The van der Waals surface area contributed by atoms with Crippen LogP contribution in [0.4, 0.5) is 0 Å². The highest BCUT2D eigenvalue weighted by Gasteiger charge is 2.54. The fraction of sp³-hybridized carbons (Fsp3) is 0.122. The lowest BCUT2D eigenvalue weighted by atomic mass is 9.66. The third kappa shape index (κ3) is 3.66. The minimum Gasteiger partial charge on any atom is -0.294 e. The number of carbonyl (C=O) groups is 2. The van der Waals surface area contributed by atoms with Gasteiger partial charge in [-0.15, -0.1) is 0 Å². The fourth-order valence-corrected chi connectivity index (χ4v) is 7.63. The number of allylic oxidation sites excluding steroid dienone is 4. The number of rotatable bonds is 4. The van der Waals surface area contributed by atoms with Crippen LogP contribution < -0.4 is 0 Å². The number of ketones is 2. The molecule has 0 fully saturated rings. The van der Waals surface area contributed by atoms with Gasteiger partial charge in [0.1, 0.15) is 0 Å². The molecule has 5 aromatic carbocycles. The maximum absolute atomic E-state index is 13.8. The summed E-state index contributed by atoms with van der Waals surface area (Å²) >= 11 is 0. The Bertz CT molecular complexity index is 2050. The molecule has 2 unspecified atom stereocenters. The number of aryl methyl sites for hydroxylation is 2. The largest absolute Gasteiger partial charge is 0.294 e. The Morgan fingerprint density at radius 2 is 1.16 bits per heavy atom. The minimum absolute atomic E-state index is 0.0167. The first-order chi connectivity index (χ1) is 21.0. The van der Waals surface area contributed by atoms with Gasteiger partial charge in [-0.2, -0.15) is 0 Å². The van der Waals surface area contributed by atoms with Crippen LogP contribution in [-0.2, 0) is 5.41 Å². The number of carbonyl (C=O) groups excluding carboxylic acids is 2. The maximum Gasteiger partial charge on any atom is 0.193 e. The van der Waals surface area contributed by atoms with Gasteiger partial charge in [0.2, 0.25) is 0 Å². The molecule has 3 aliphatic carbocycles. The second-order valence-corrected chi connectivity index (χ2v) is 12.1. The number of hydrogen-bond donors (Lipinski definition) is 0. The van der Waals surface area contributed by atoms with Crippen LogP contribution in [0.1, 0.15) is 66.1 Å². The first-order valence-electron chi connectivity index (χ1n) is 14.9. The lowest BCUT2D eigenvalue weighted by molar-refractivity contribution is 0.0942. The van der Waals surface area contributed by atoms with Crippen molar-refractivity contribution in [2.75, 3.05) is 0 Å². The highest BCUT2D eigenvalue weighted by molar-refractivity contribution is 6.10. The molecule has 0 bridgehead atoms. The van der Waals surface area contributed by atoms with Crippen LogP contribution in [0.15, 0.2) is 133 Å². The first kappa shape index (κ1) is 25.6. The Kier molecular flexibility index (Phi) is 5.64. The van der Waals surface area contributed by atoms with Gasteiger partial charge in [-0.3, -0.25) is 9.59 Å². The summed E-state index contributed by atoms with van der Waals surface area (Å²) in [7, 11) is 0. The molecule has 0 N–H and O–H groups in total. The van der Waals surface area contributed by atoms with E-state index >= 15 is 0 Å². The summed E-state index contributed by atoms with van der Waals surface area (Å²) in [5.74, 6) is -0.107. The SMILES string of the molecule is Cc1ccc2c(c1)C1(C3=C2C=CC(C(=O)c2ccccc2)C3)c2cc(C)ccc2-c2ccc(C(=O)c3ccccc3)cc21. The molecule has 2 heteroatoms. The van der Waals surface area contributed by atoms with Crippen molar-refractivity contribution < 1.29 is 9.59 Å². The average molecular weight is 555 g/mol. The predicted octanol–water partition coefficient (Wildman–Crippen LogP) is 9.08. The minimum atomic E-state index is -0.583. The molecule has 3 aliphatic rings. The summed E-state index contributed by atoms with van der Waals surface area (Å²) in [5.41, 5.74) is 13.5. The second kappa shape index (κ2) is 9.47. The van der Waals surface area contributed by atoms with E-state index in [4.69, 9.17) is 0 Å². The molecule has 0 amide bonds. The van der Waals surface area contributed by atoms with Gasteiger partial charge in [0.15, 0.2) is 11.6 Å². The van der Waals surface area contributed by atoms with E-state index in [0.717, 1.165) is 16.7 Å². The molecule has 5 aromatic rings. The van der Waals surface area contributed by atoms with Crippen LogP contribution in [-0.4, -0.2) is 11.6 Å². The average Bonchev–Trinajstić information content (AvgIpc) is 3.50. The molecular weight excluding hydrogens is 524 g/mol. The van der Waals surface area contributed by atoms with Crippen molar-refractivity contribution in [3.05, 3.63) is 183 Å². The molecule has 2 atom stereocenters. The first-order valence-corrected chi connectivity index (χ1v) is 14.9. The summed E-state index contributed by atoms with van der Waals surface area (Å²) in [5, 5.41) is 0. The molecule has 2 nitrogen and oxygen atoms in total. The summed E-state index contributed by atoms with van der Waals surface area (Å²) < 4.78 is 0. The van der Waals surface area contributed by atoms with Crippen molar-refractivity contribution in [3.63, 3.8) is 0 Å². The van der Waals surface area contributed by atoms with Gasteiger partial charge in [-0.25, -0.2) is 0 Å².